The SMILES string of the molecule is CC(=O)NCC(C)(C)c1ccc2[nH]c(=O)[nH]c2c1. The Hall–Kier alpha value is -2.04. The van der Waals surface area contributed by atoms with E-state index in [1.807, 2.05) is 18.2 Å². The number of carbonyl (C=O) groups is 1. The van der Waals surface area contributed by atoms with Crippen LogP contribution < -0.4 is 11.0 Å². The van der Waals surface area contributed by atoms with Crippen molar-refractivity contribution in [3.05, 3.63) is 34.2 Å². The number of fused-ring (bicyclic) bond motifs is 1. The van der Waals surface area contributed by atoms with Gasteiger partial charge in [0.05, 0.1) is 11.0 Å². The highest BCUT2D eigenvalue weighted by Crippen LogP contribution is 2.24. The van der Waals surface area contributed by atoms with Crippen molar-refractivity contribution < 1.29 is 4.79 Å². The second-order valence-electron chi connectivity index (χ2n) is 5.13. The molecule has 0 radical (unpaired) electrons. The van der Waals surface area contributed by atoms with Gasteiger partial charge in [-0.05, 0) is 17.7 Å². The number of amides is 1. The Balaban J connectivity index is 2.34. The van der Waals surface area contributed by atoms with E-state index in [4.69, 9.17) is 0 Å². The first-order chi connectivity index (χ1) is 8.38. The third-order valence-corrected chi connectivity index (χ3v) is 3.08. The van der Waals surface area contributed by atoms with Gasteiger partial charge in [0, 0.05) is 18.9 Å². The third kappa shape index (κ3) is 2.45. The molecule has 2 aromatic rings. The molecule has 0 fully saturated rings. The summed E-state index contributed by atoms with van der Waals surface area (Å²) >= 11 is 0. The number of imidazole rings is 1. The molecule has 18 heavy (non-hydrogen) atoms. The van der Waals surface area contributed by atoms with Crippen LogP contribution in [0.3, 0.4) is 0 Å². The van der Waals surface area contributed by atoms with Gasteiger partial charge >= 0.3 is 5.69 Å². The first-order valence-electron chi connectivity index (χ1n) is 5.85. The van der Waals surface area contributed by atoms with Gasteiger partial charge in [-0.1, -0.05) is 19.9 Å². The molecule has 0 aliphatic heterocycles. The molecule has 2 rings (SSSR count). The minimum atomic E-state index is -0.207. The zero-order chi connectivity index (χ0) is 13.3. The van der Waals surface area contributed by atoms with Crippen LogP contribution in [0.15, 0.2) is 23.0 Å². The van der Waals surface area contributed by atoms with Gasteiger partial charge in [-0.25, -0.2) is 4.79 Å². The third-order valence-electron chi connectivity index (χ3n) is 3.08. The molecule has 0 saturated carbocycles. The van der Waals surface area contributed by atoms with Crippen molar-refractivity contribution in [3.63, 3.8) is 0 Å². The Morgan fingerprint density at radius 2 is 1.94 bits per heavy atom. The van der Waals surface area contributed by atoms with Gasteiger partial charge in [-0.15, -0.1) is 0 Å². The first-order valence-corrected chi connectivity index (χ1v) is 5.85. The molecule has 5 heteroatoms. The molecular formula is C13H17N3O2. The largest absolute Gasteiger partial charge is 0.355 e. The average molecular weight is 247 g/mol. The maximum atomic E-state index is 11.2. The molecule has 0 bridgehead atoms. The van der Waals surface area contributed by atoms with Crippen LogP contribution >= 0.6 is 0 Å². The zero-order valence-corrected chi connectivity index (χ0v) is 10.8. The molecule has 0 saturated heterocycles. The predicted molar refractivity (Wildman–Crippen MR) is 70.6 cm³/mol. The highest BCUT2D eigenvalue weighted by atomic mass is 16.1. The lowest BCUT2D eigenvalue weighted by molar-refractivity contribution is -0.119. The molecule has 0 atom stereocenters. The number of aromatic nitrogens is 2. The van der Waals surface area contributed by atoms with Gasteiger partial charge in [0.2, 0.25) is 5.91 Å². The normalized spacial score (nSPS) is 11.7. The van der Waals surface area contributed by atoms with E-state index in [0.717, 1.165) is 16.6 Å². The lowest BCUT2D eigenvalue weighted by Gasteiger charge is -2.25. The van der Waals surface area contributed by atoms with Crippen molar-refractivity contribution in [1.29, 1.82) is 0 Å². The Morgan fingerprint density at radius 1 is 1.28 bits per heavy atom. The monoisotopic (exact) mass is 247 g/mol. The van der Waals surface area contributed by atoms with Gasteiger partial charge in [0.15, 0.2) is 0 Å². The Kier molecular flexibility index (Phi) is 2.98. The van der Waals surface area contributed by atoms with E-state index in [0.29, 0.717) is 6.54 Å². The van der Waals surface area contributed by atoms with E-state index in [9.17, 15) is 9.59 Å². The number of hydrogen-bond donors (Lipinski definition) is 3. The summed E-state index contributed by atoms with van der Waals surface area (Å²) in [6.45, 7) is 6.16. The highest BCUT2D eigenvalue weighted by molar-refractivity contribution is 5.75. The number of benzene rings is 1. The topological polar surface area (TPSA) is 77.8 Å². The standard InChI is InChI=1S/C13H17N3O2/c1-8(17)14-7-13(2,3)9-4-5-10-11(6-9)16-12(18)15-10/h4-6H,7H2,1-3H3,(H,14,17)(H2,15,16,18). The minimum absolute atomic E-state index is 0.0424. The van der Waals surface area contributed by atoms with Crippen molar-refractivity contribution in [3.8, 4) is 0 Å². The van der Waals surface area contributed by atoms with Crippen LogP contribution in [-0.4, -0.2) is 22.4 Å². The van der Waals surface area contributed by atoms with E-state index < -0.39 is 0 Å². The molecular weight excluding hydrogens is 230 g/mol. The van der Waals surface area contributed by atoms with Crippen LogP contribution in [0.1, 0.15) is 26.3 Å². The van der Waals surface area contributed by atoms with Gasteiger partial charge in [-0.3, -0.25) is 4.79 Å². The first kappa shape index (κ1) is 12.4. The van der Waals surface area contributed by atoms with E-state index in [1.165, 1.54) is 6.92 Å². The molecule has 0 spiro atoms. The summed E-state index contributed by atoms with van der Waals surface area (Å²) in [7, 11) is 0. The lowest BCUT2D eigenvalue weighted by atomic mass is 9.84. The molecule has 0 aliphatic rings. The second kappa shape index (κ2) is 4.33. The van der Waals surface area contributed by atoms with Crippen molar-refractivity contribution in [2.75, 3.05) is 6.54 Å². The van der Waals surface area contributed by atoms with Crippen LogP contribution in [-0.2, 0) is 10.2 Å². The quantitative estimate of drug-likeness (QED) is 0.763. The second-order valence-corrected chi connectivity index (χ2v) is 5.13. The fourth-order valence-electron chi connectivity index (χ4n) is 1.90. The minimum Gasteiger partial charge on any atom is -0.355 e. The van der Waals surface area contributed by atoms with Crippen LogP contribution in [0.4, 0.5) is 0 Å². The molecule has 1 amide bonds. The summed E-state index contributed by atoms with van der Waals surface area (Å²) < 4.78 is 0. The van der Waals surface area contributed by atoms with Crippen LogP contribution in [0.25, 0.3) is 11.0 Å². The predicted octanol–water partition coefficient (Wildman–Crippen LogP) is 1.27. The van der Waals surface area contributed by atoms with Gasteiger partial charge in [-0.2, -0.15) is 0 Å². The number of aromatic amines is 2. The van der Waals surface area contributed by atoms with E-state index in [1.54, 1.807) is 0 Å². The summed E-state index contributed by atoms with van der Waals surface area (Å²) in [6, 6.07) is 5.78. The molecule has 0 aliphatic carbocycles. The van der Waals surface area contributed by atoms with Gasteiger partial charge in [0.25, 0.3) is 0 Å². The maximum Gasteiger partial charge on any atom is 0.323 e. The van der Waals surface area contributed by atoms with Crippen LogP contribution in [0.2, 0.25) is 0 Å². The van der Waals surface area contributed by atoms with E-state index >= 15 is 0 Å². The van der Waals surface area contributed by atoms with Gasteiger partial charge < -0.3 is 15.3 Å². The molecule has 1 aromatic heterocycles. The molecule has 1 aromatic carbocycles. The van der Waals surface area contributed by atoms with Crippen molar-refractivity contribution in [2.45, 2.75) is 26.2 Å². The summed E-state index contributed by atoms with van der Waals surface area (Å²) in [5, 5.41) is 2.82. The van der Waals surface area contributed by atoms with Crippen LogP contribution in [0, 0.1) is 0 Å². The maximum absolute atomic E-state index is 11.2. The van der Waals surface area contributed by atoms with Gasteiger partial charge in [0.1, 0.15) is 0 Å². The summed E-state index contributed by atoms with van der Waals surface area (Å²) in [4.78, 5) is 27.6. The summed E-state index contributed by atoms with van der Waals surface area (Å²) in [6.07, 6.45) is 0. The fourth-order valence-corrected chi connectivity index (χ4v) is 1.90. The molecule has 0 unspecified atom stereocenters. The Bertz CT molecular complexity index is 637. The van der Waals surface area contributed by atoms with Crippen molar-refractivity contribution in [1.82, 2.24) is 15.3 Å². The molecule has 96 valence electrons. The highest BCUT2D eigenvalue weighted by Gasteiger charge is 2.21. The van der Waals surface area contributed by atoms with Crippen molar-refractivity contribution in [2.24, 2.45) is 0 Å². The van der Waals surface area contributed by atoms with Crippen molar-refractivity contribution >= 4 is 16.9 Å². The molecule has 5 nitrogen and oxygen atoms in total. The number of hydrogen-bond acceptors (Lipinski definition) is 2. The average Bonchev–Trinajstić information content (AvgIpc) is 2.65. The number of carbonyl (C=O) groups excluding carboxylic acids is 1. The number of nitrogens with one attached hydrogen (secondary N) is 3. The molecule has 1 heterocycles. The summed E-state index contributed by atoms with van der Waals surface area (Å²) in [5.41, 5.74) is 2.25. The summed E-state index contributed by atoms with van der Waals surface area (Å²) in [5.74, 6) is -0.0424. The number of H-pyrrole nitrogens is 2. The van der Waals surface area contributed by atoms with E-state index in [-0.39, 0.29) is 17.0 Å². The van der Waals surface area contributed by atoms with Crippen LogP contribution in [0.5, 0.6) is 0 Å². The van der Waals surface area contributed by atoms with E-state index in [2.05, 4.69) is 29.1 Å². The Morgan fingerprint density at radius 3 is 2.61 bits per heavy atom. The fraction of sp³-hybridized carbons (Fsp3) is 0.385. The Labute approximate surface area is 105 Å². The zero-order valence-electron chi connectivity index (χ0n) is 10.8. The lowest BCUT2D eigenvalue weighted by Crippen LogP contribution is -2.35. The smallest absolute Gasteiger partial charge is 0.323 e. The number of rotatable bonds is 3. The molecule has 3 N–H and O–H groups in total.